The standard InChI is InChI=1S/C20H20FNO3/c1-14-2-4-16(5-3-14)13-25-20(24)18-10-11-19(23)22(18)12-15-6-8-17(21)9-7-15/h2-9,18H,10-13H2,1H3/t18-/m0/s1. The zero-order chi connectivity index (χ0) is 17.8. The Hall–Kier alpha value is -2.69. The maximum absolute atomic E-state index is 13.0. The van der Waals surface area contributed by atoms with Crippen LogP contribution in [-0.2, 0) is 27.5 Å². The maximum Gasteiger partial charge on any atom is 0.329 e. The van der Waals surface area contributed by atoms with Crippen molar-refractivity contribution in [2.45, 2.75) is 39.0 Å². The van der Waals surface area contributed by atoms with Crippen molar-refractivity contribution in [3.8, 4) is 0 Å². The van der Waals surface area contributed by atoms with Gasteiger partial charge in [-0.2, -0.15) is 0 Å². The van der Waals surface area contributed by atoms with Crippen molar-refractivity contribution in [3.05, 3.63) is 71.0 Å². The van der Waals surface area contributed by atoms with E-state index < -0.39 is 12.0 Å². The van der Waals surface area contributed by atoms with Crippen LogP contribution in [0.3, 0.4) is 0 Å². The number of esters is 1. The highest BCUT2D eigenvalue weighted by Crippen LogP contribution is 2.23. The van der Waals surface area contributed by atoms with Crippen LogP contribution < -0.4 is 0 Å². The summed E-state index contributed by atoms with van der Waals surface area (Å²) in [6, 6.07) is 13.1. The number of halogens is 1. The van der Waals surface area contributed by atoms with Crippen molar-refractivity contribution >= 4 is 11.9 Å². The first-order valence-electron chi connectivity index (χ1n) is 8.29. The third-order valence-corrected chi connectivity index (χ3v) is 4.37. The molecule has 1 heterocycles. The van der Waals surface area contributed by atoms with Gasteiger partial charge in [0.1, 0.15) is 18.5 Å². The van der Waals surface area contributed by atoms with Gasteiger partial charge < -0.3 is 9.64 Å². The van der Waals surface area contributed by atoms with Gasteiger partial charge in [0.15, 0.2) is 0 Å². The summed E-state index contributed by atoms with van der Waals surface area (Å²) >= 11 is 0. The van der Waals surface area contributed by atoms with Crippen molar-refractivity contribution in [2.75, 3.05) is 0 Å². The topological polar surface area (TPSA) is 46.6 Å². The van der Waals surface area contributed by atoms with Gasteiger partial charge in [0.25, 0.3) is 0 Å². The van der Waals surface area contributed by atoms with Gasteiger partial charge in [-0.3, -0.25) is 4.79 Å². The second-order valence-electron chi connectivity index (χ2n) is 6.30. The summed E-state index contributed by atoms with van der Waals surface area (Å²) in [6.07, 6.45) is 0.776. The Balaban J connectivity index is 1.62. The van der Waals surface area contributed by atoms with Gasteiger partial charge >= 0.3 is 5.97 Å². The number of carbonyl (C=O) groups excluding carboxylic acids is 2. The van der Waals surface area contributed by atoms with E-state index in [9.17, 15) is 14.0 Å². The highest BCUT2D eigenvalue weighted by Gasteiger charge is 2.37. The largest absolute Gasteiger partial charge is 0.459 e. The first-order valence-corrected chi connectivity index (χ1v) is 8.29. The van der Waals surface area contributed by atoms with Crippen LogP contribution in [0.5, 0.6) is 0 Å². The molecule has 0 unspecified atom stereocenters. The van der Waals surface area contributed by atoms with Crippen molar-refractivity contribution in [3.63, 3.8) is 0 Å². The van der Waals surface area contributed by atoms with Crippen LogP contribution in [0.4, 0.5) is 4.39 Å². The Morgan fingerprint density at radius 3 is 2.44 bits per heavy atom. The number of ether oxygens (including phenoxy) is 1. The lowest BCUT2D eigenvalue weighted by atomic mass is 10.1. The fourth-order valence-electron chi connectivity index (χ4n) is 2.90. The number of hydrogen-bond acceptors (Lipinski definition) is 3. The third kappa shape index (κ3) is 4.24. The Morgan fingerprint density at radius 2 is 1.76 bits per heavy atom. The van der Waals surface area contributed by atoms with E-state index in [0.29, 0.717) is 12.8 Å². The first kappa shape index (κ1) is 17.1. The van der Waals surface area contributed by atoms with Gasteiger partial charge in [-0.15, -0.1) is 0 Å². The third-order valence-electron chi connectivity index (χ3n) is 4.37. The van der Waals surface area contributed by atoms with E-state index in [0.717, 1.165) is 16.7 Å². The van der Waals surface area contributed by atoms with Crippen LogP contribution in [0.25, 0.3) is 0 Å². The SMILES string of the molecule is Cc1ccc(COC(=O)[C@@H]2CCC(=O)N2Cc2ccc(F)cc2)cc1. The molecule has 1 aliphatic heterocycles. The van der Waals surface area contributed by atoms with E-state index in [1.807, 2.05) is 31.2 Å². The zero-order valence-corrected chi connectivity index (χ0v) is 14.1. The summed E-state index contributed by atoms with van der Waals surface area (Å²) in [5.74, 6) is -0.805. The average Bonchev–Trinajstić information content (AvgIpc) is 2.97. The molecule has 1 aliphatic rings. The van der Waals surface area contributed by atoms with Crippen LogP contribution in [0.15, 0.2) is 48.5 Å². The van der Waals surface area contributed by atoms with E-state index >= 15 is 0 Å². The van der Waals surface area contributed by atoms with Crippen LogP contribution in [0.1, 0.15) is 29.5 Å². The summed E-state index contributed by atoms with van der Waals surface area (Å²) in [5.41, 5.74) is 2.84. The molecular weight excluding hydrogens is 321 g/mol. The molecule has 0 bridgehead atoms. The molecule has 25 heavy (non-hydrogen) atoms. The quantitative estimate of drug-likeness (QED) is 0.784. The summed E-state index contributed by atoms with van der Waals surface area (Å²) in [4.78, 5) is 26.0. The minimum absolute atomic E-state index is 0.0818. The highest BCUT2D eigenvalue weighted by atomic mass is 19.1. The smallest absolute Gasteiger partial charge is 0.329 e. The Bertz CT molecular complexity index is 756. The molecule has 5 heteroatoms. The second-order valence-corrected chi connectivity index (χ2v) is 6.30. The van der Waals surface area contributed by atoms with E-state index in [1.54, 1.807) is 12.1 Å². The number of likely N-dealkylation sites (tertiary alicyclic amines) is 1. The number of hydrogen-bond donors (Lipinski definition) is 0. The molecule has 1 saturated heterocycles. The summed E-state index contributed by atoms with van der Waals surface area (Å²) in [5, 5.41) is 0. The number of rotatable bonds is 5. The predicted molar refractivity (Wildman–Crippen MR) is 90.9 cm³/mol. The molecular formula is C20H20FNO3. The normalized spacial score (nSPS) is 17.0. The fraction of sp³-hybridized carbons (Fsp3) is 0.300. The Morgan fingerprint density at radius 1 is 1.12 bits per heavy atom. The van der Waals surface area contributed by atoms with Gasteiger partial charge in [0.05, 0.1) is 0 Å². The molecule has 3 rings (SSSR count). The molecule has 0 aromatic heterocycles. The van der Waals surface area contributed by atoms with Gasteiger partial charge in [-0.05, 0) is 36.6 Å². The molecule has 2 aromatic carbocycles. The molecule has 0 radical (unpaired) electrons. The van der Waals surface area contributed by atoms with E-state index in [1.165, 1.54) is 17.0 Å². The van der Waals surface area contributed by atoms with Gasteiger partial charge in [0.2, 0.25) is 5.91 Å². The van der Waals surface area contributed by atoms with Crippen molar-refractivity contribution < 1.29 is 18.7 Å². The first-order chi connectivity index (χ1) is 12.0. The summed E-state index contributed by atoms with van der Waals surface area (Å²) < 4.78 is 18.4. The fourth-order valence-corrected chi connectivity index (χ4v) is 2.90. The van der Waals surface area contributed by atoms with Gasteiger partial charge in [-0.1, -0.05) is 42.0 Å². The monoisotopic (exact) mass is 341 g/mol. The molecule has 0 N–H and O–H groups in total. The van der Waals surface area contributed by atoms with Crippen molar-refractivity contribution in [2.24, 2.45) is 0 Å². The van der Waals surface area contributed by atoms with Crippen molar-refractivity contribution in [1.82, 2.24) is 4.90 Å². The molecule has 4 nitrogen and oxygen atoms in total. The number of nitrogens with zero attached hydrogens (tertiary/aromatic N) is 1. The molecule has 0 saturated carbocycles. The van der Waals surface area contributed by atoms with Crippen LogP contribution in [0, 0.1) is 12.7 Å². The number of benzene rings is 2. The molecule has 2 aromatic rings. The number of carbonyl (C=O) groups is 2. The minimum atomic E-state index is -0.581. The molecule has 1 fully saturated rings. The van der Waals surface area contributed by atoms with Crippen LogP contribution >= 0.6 is 0 Å². The zero-order valence-electron chi connectivity index (χ0n) is 14.1. The highest BCUT2D eigenvalue weighted by molar-refractivity contribution is 5.88. The van der Waals surface area contributed by atoms with Gasteiger partial charge in [-0.25, -0.2) is 9.18 Å². The minimum Gasteiger partial charge on any atom is -0.459 e. The summed E-state index contributed by atoms with van der Waals surface area (Å²) in [7, 11) is 0. The lowest BCUT2D eigenvalue weighted by Gasteiger charge is -2.23. The number of aryl methyl sites for hydroxylation is 1. The van der Waals surface area contributed by atoms with Gasteiger partial charge in [0, 0.05) is 13.0 Å². The lowest BCUT2D eigenvalue weighted by Crippen LogP contribution is -2.39. The molecule has 130 valence electrons. The van der Waals surface area contributed by atoms with E-state index in [4.69, 9.17) is 4.74 Å². The Kier molecular flexibility index (Phi) is 5.12. The van der Waals surface area contributed by atoms with Crippen LogP contribution in [-0.4, -0.2) is 22.8 Å². The summed E-state index contributed by atoms with van der Waals surface area (Å²) in [6.45, 7) is 2.46. The molecule has 1 atom stereocenters. The van der Waals surface area contributed by atoms with E-state index in [-0.39, 0.29) is 24.9 Å². The Labute approximate surface area is 146 Å². The molecule has 1 amide bonds. The number of amides is 1. The predicted octanol–water partition coefficient (Wildman–Crippen LogP) is 3.37. The van der Waals surface area contributed by atoms with Crippen LogP contribution in [0.2, 0.25) is 0 Å². The maximum atomic E-state index is 13.0. The lowest BCUT2D eigenvalue weighted by molar-refractivity contribution is -0.153. The average molecular weight is 341 g/mol. The molecule has 0 aliphatic carbocycles. The van der Waals surface area contributed by atoms with Crippen molar-refractivity contribution in [1.29, 1.82) is 0 Å². The van der Waals surface area contributed by atoms with E-state index in [2.05, 4.69) is 0 Å². The second kappa shape index (κ2) is 7.47. The molecule has 0 spiro atoms.